The van der Waals surface area contributed by atoms with Crippen LogP contribution in [0.1, 0.15) is 16.1 Å². The molecule has 0 unspecified atom stereocenters. The molecule has 0 atom stereocenters. The van der Waals surface area contributed by atoms with E-state index >= 15 is 0 Å². The van der Waals surface area contributed by atoms with E-state index in [1.165, 1.54) is 0 Å². The van der Waals surface area contributed by atoms with E-state index < -0.39 is 5.97 Å². The molecule has 1 heterocycles. The first-order valence-electron chi connectivity index (χ1n) is 6.99. The zero-order chi connectivity index (χ0) is 16.8. The first-order chi connectivity index (χ1) is 11.0. The number of aromatic nitrogens is 1. The number of aryl methyl sites for hydroxylation is 1. The van der Waals surface area contributed by atoms with E-state index in [4.69, 9.17) is 21.4 Å². The monoisotopic (exact) mass is 336 g/mol. The summed E-state index contributed by atoms with van der Waals surface area (Å²) in [7, 11) is 1.76. The van der Waals surface area contributed by atoms with Crippen molar-refractivity contribution in [2.45, 2.75) is 6.42 Å². The average Bonchev–Trinajstić information content (AvgIpc) is 2.85. The number of ether oxygens (including phenoxy) is 1. The molecule has 0 aliphatic heterocycles. The minimum absolute atomic E-state index is 0.180. The molecule has 1 aromatic heterocycles. The zero-order valence-electron chi connectivity index (χ0n) is 12.6. The molecule has 0 saturated heterocycles. The normalized spacial score (nSPS) is 10.3. The van der Waals surface area contributed by atoms with Crippen molar-refractivity contribution < 1.29 is 19.4 Å². The molecule has 2 rings (SSSR count). The van der Waals surface area contributed by atoms with Crippen LogP contribution < -0.4 is 10.1 Å². The Morgan fingerprint density at radius 2 is 2.00 bits per heavy atom. The lowest BCUT2D eigenvalue weighted by atomic mass is 10.1. The number of hydrogen-bond donors (Lipinski definition) is 2. The number of carbonyl (C=O) groups is 2. The number of benzene rings is 1. The van der Waals surface area contributed by atoms with Crippen molar-refractivity contribution in [3.8, 4) is 5.75 Å². The van der Waals surface area contributed by atoms with E-state index in [2.05, 4.69) is 5.32 Å². The largest absolute Gasteiger partial charge is 0.482 e. The molecule has 0 fully saturated rings. The van der Waals surface area contributed by atoms with Crippen LogP contribution in [0.4, 0.5) is 0 Å². The summed E-state index contributed by atoms with van der Waals surface area (Å²) in [4.78, 5) is 22.4. The third kappa shape index (κ3) is 5.03. The van der Waals surface area contributed by atoms with Gasteiger partial charge in [0.05, 0.1) is 5.02 Å². The van der Waals surface area contributed by atoms with Gasteiger partial charge >= 0.3 is 5.97 Å². The summed E-state index contributed by atoms with van der Waals surface area (Å²) in [5, 5.41) is 11.9. The number of carbonyl (C=O) groups excluding carboxylic acids is 1. The van der Waals surface area contributed by atoms with E-state index in [1.54, 1.807) is 36.0 Å². The summed E-state index contributed by atoms with van der Waals surface area (Å²) >= 11 is 5.85. The summed E-state index contributed by atoms with van der Waals surface area (Å²) in [5.41, 5.74) is 1.52. The Hall–Kier alpha value is -2.47. The van der Waals surface area contributed by atoms with Gasteiger partial charge in [-0.2, -0.15) is 0 Å². The predicted octanol–water partition coefficient (Wildman–Crippen LogP) is 2.11. The summed E-state index contributed by atoms with van der Waals surface area (Å²) in [6.45, 7) is 0.117. The van der Waals surface area contributed by atoms with Crippen LogP contribution in [-0.2, 0) is 18.3 Å². The molecule has 2 aromatic rings. The number of nitrogens with zero attached hydrogens (tertiary/aromatic N) is 1. The molecule has 0 bridgehead atoms. The molecule has 1 aromatic carbocycles. The lowest BCUT2D eigenvalue weighted by molar-refractivity contribution is -0.139. The average molecular weight is 337 g/mol. The second kappa shape index (κ2) is 7.69. The lowest BCUT2D eigenvalue weighted by Crippen LogP contribution is -2.27. The van der Waals surface area contributed by atoms with Crippen molar-refractivity contribution in [2.24, 2.45) is 7.05 Å². The SMILES string of the molecule is Cn1cc(Cl)cc1C(=O)NCCc1ccc(OCC(=O)O)cc1. The van der Waals surface area contributed by atoms with Crippen molar-refractivity contribution in [3.63, 3.8) is 0 Å². The van der Waals surface area contributed by atoms with E-state index in [0.717, 1.165) is 5.56 Å². The van der Waals surface area contributed by atoms with Gasteiger partial charge in [-0.3, -0.25) is 4.79 Å². The van der Waals surface area contributed by atoms with Gasteiger partial charge in [0.25, 0.3) is 5.91 Å². The van der Waals surface area contributed by atoms with Crippen molar-refractivity contribution in [1.29, 1.82) is 0 Å². The third-order valence-corrected chi connectivity index (χ3v) is 3.40. The molecule has 7 heteroatoms. The molecule has 1 amide bonds. The number of carboxylic acid groups (broad SMARTS) is 1. The Morgan fingerprint density at radius 3 is 2.57 bits per heavy atom. The summed E-state index contributed by atoms with van der Waals surface area (Å²) < 4.78 is 6.73. The van der Waals surface area contributed by atoms with Gasteiger partial charge < -0.3 is 19.7 Å². The van der Waals surface area contributed by atoms with Crippen LogP contribution in [0.5, 0.6) is 5.75 Å². The fourth-order valence-corrected chi connectivity index (χ4v) is 2.31. The highest BCUT2D eigenvalue weighted by Crippen LogP contribution is 2.13. The molecule has 0 aliphatic carbocycles. The van der Waals surface area contributed by atoms with Gasteiger partial charge in [-0.1, -0.05) is 23.7 Å². The van der Waals surface area contributed by atoms with E-state index in [-0.39, 0.29) is 12.5 Å². The lowest BCUT2D eigenvalue weighted by Gasteiger charge is -2.07. The molecular weight excluding hydrogens is 320 g/mol. The van der Waals surface area contributed by atoms with Crippen LogP contribution in [0.2, 0.25) is 5.02 Å². The van der Waals surface area contributed by atoms with E-state index in [9.17, 15) is 9.59 Å². The first-order valence-corrected chi connectivity index (χ1v) is 7.37. The highest BCUT2D eigenvalue weighted by molar-refractivity contribution is 6.31. The topological polar surface area (TPSA) is 80.6 Å². The van der Waals surface area contributed by atoms with E-state index in [0.29, 0.717) is 29.4 Å². The quantitative estimate of drug-likeness (QED) is 0.811. The fraction of sp³-hybridized carbons (Fsp3) is 0.250. The summed E-state index contributed by atoms with van der Waals surface area (Å²) in [6, 6.07) is 8.70. The number of carboxylic acids is 1. The standard InChI is InChI=1S/C16H17ClN2O4/c1-19-9-12(17)8-14(19)16(22)18-7-6-11-2-4-13(5-3-11)23-10-15(20)21/h2-5,8-9H,6-7,10H2,1H3,(H,18,22)(H,20,21). The molecule has 0 spiro atoms. The smallest absolute Gasteiger partial charge is 0.341 e. The van der Waals surface area contributed by atoms with Crippen molar-refractivity contribution >= 4 is 23.5 Å². The molecule has 6 nitrogen and oxygen atoms in total. The molecule has 0 radical (unpaired) electrons. The second-order valence-electron chi connectivity index (χ2n) is 4.99. The van der Waals surface area contributed by atoms with Crippen molar-refractivity contribution in [3.05, 3.63) is 52.8 Å². The van der Waals surface area contributed by atoms with Gasteiger partial charge in [0.1, 0.15) is 11.4 Å². The highest BCUT2D eigenvalue weighted by Gasteiger charge is 2.10. The van der Waals surface area contributed by atoms with Crippen LogP contribution >= 0.6 is 11.6 Å². The molecule has 0 aliphatic rings. The molecular formula is C16H17ClN2O4. The van der Waals surface area contributed by atoms with E-state index in [1.807, 2.05) is 12.1 Å². The number of halogens is 1. The Balaban J connectivity index is 1.81. The maximum Gasteiger partial charge on any atom is 0.341 e. The Labute approximate surface area is 138 Å². The van der Waals surface area contributed by atoms with Crippen LogP contribution in [0.25, 0.3) is 0 Å². The molecule has 23 heavy (non-hydrogen) atoms. The fourth-order valence-electron chi connectivity index (χ4n) is 2.06. The van der Waals surface area contributed by atoms with Crippen LogP contribution in [0.3, 0.4) is 0 Å². The third-order valence-electron chi connectivity index (χ3n) is 3.19. The summed E-state index contributed by atoms with van der Waals surface area (Å²) in [6.07, 6.45) is 2.33. The summed E-state index contributed by atoms with van der Waals surface area (Å²) in [5.74, 6) is -0.697. The number of hydrogen-bond acceptors (Lipinski definition) is 3. The molecule has 122 valence electrons. The molecule has 2 N–H and O–H groups in total. The Morgan fingerprint density at radius 1 is 1.30 bits per heavy atom. The predicted molar refractivity (Wildman–Crippen MR) is 86.0 cm³/mol. The zero-order valence-corrected chi connectivity index (χ0v) is 13.3. The van der Waals surface area contributed by atoms with Crippen molar-refractivity contribution in [2.75, 3.05) is 13.2 Å². The van der Waals surface area contributed by atoms with Crippen LogP contribution in [0.15, 0.2) is 36.5 Å². The van der Waals surface area contributed by atoms with Crippen LogP contribution in [-0.4, -0.2) is 34.7 Å². The number of rotatable bonds is 7. The van der Waals surface area contributed by atoms with Crippen LogP contribution in [0, 0.1) is 0 Å². The van der Waals surface area contributed by atoms with Gasteiger partial charge in [0, 0.05) is 19.8 Å². The Bertz CT molecular complexity index is 695. The van der Waals surface area contributed by atoms with Gasteiger partial charge in [0.2, 0.25) is 0 Å². The highest BCUT2D eigenvalue weighted by atomic mass is 35.5. The minimum atomic E-state index is -1.02. The first kappa shape index (κ1) is 16.9. The maximum absolute atomic E-state index is 12.0. The minimum Gasteiger partial charge on any atom is -0.482 e. The van der Waals surface area contributed by atoms with Gasteiger partial charge in [0.15, 0.2) is 6.61 Å². The second-order valence-corrected chi connectivity index (χ2v) is 5.42. The molecule has 0 saturated carbocycles. The number of aliphatic carboxylic acids is 1. The van der Waals surface area contributed by atoms with Gasteiger partial charge in [-0.25, -0.2) is 4.79 Å². The van der Waals surface area contributed by atoms with Gasteiger partial charge in [-0.15, -0.1) is 0 Å². The Kier molecular flexibility index (Phi) is 5.65. The number of amides is 1. The van der Waals surface area contributed by atoms with Crippen molar-refractivity contribution in [1.82, 2.24) is 9.88 Å². The maximum atomic E-state index is 12.0. The number of nitrogens with one attached hydrogen (secondary N) is 1. The van der Waals surface area contributed by atoms with Gasteiger partial charge in [-0.05, 0) is 30.2 Å².